The Morgan fingerprint density at radius 1 is 0.935 bits per heavy atom. The molecule has 1 fully saturated rings. The molecular weight excluding hydrogens is 386 g/mol. The van der Waals surface area contributed by atoms with Gasteiger partial charge in [0.15, 0.2) is 0 Å². The molecule has 4 rings (SSSR count). The number of hydrogen-bond donors (Lipinski definition) is 0. The Hall–Kier alpha value is -3.18. The summed E-state index contributed by atoms with van der Waals surface area (Å²) in [6.07, 6.45) is 1.61. The Bertz CT molecular complexity index is 1030. The van der Waals surface area contributed by atoms with E-state index in [-0.39, 0.29) is 18.4 Å². The Morgan fingerprint density at radius 3 is 2.29 bits per heavy atom. The van der Waals surface area contributed by atoms with Crippen LogP contribution in [0.4, 0.5) is 0 Å². The van der Waals surface area contributed by atoms with Crippen LogP contribution in [0.1, 0.15) is 22.3 Å². The summed E-state index contributed by atoms with van der Waals surface area (Å²) >= 11 is 0. The number of imide groups is 1. The first-order chi connectivity index (χ1) is 15.0. The highest BCUT2D eigenvalue weighted by Gasteiger charge is 2.42. The molecule has 0 spiro atoms. The van der Waals surface area contributed by atoms with Gasteiger partial charge < -0.3 is 4.90 Å². The SMILES string of the molecule is C=CCN1C(=O)C(c2ccc(C)cc2C)=C(N2CCN(Cc3ccccc3)CC2)C1=O. The van der Waals surface area contributed by atoms with Crippen molar-refractivity contribution in [3.05, 3.63) is 89.1 Å². The van der Waals surface area contributed by atoms with Crippen molar-refractivity contribution in [3.63, 3.8) is 0 Å². The Balaban J connectivity index is 1.61. The van der Waals surface area contributed by atoms with Crippen molar-refractivity contribution in [1.29, 1.82) is 0 Å². The quantitative estimate of drug-likeness (QED) is 0.536. The number of hydrogen-bond acceptors (Lipinski definition) is 4. The molecule has 5 heteroatoms. The molecule has 0 unspecified atom stereocenters. The number of carbonyl (C=O) groups excluding carboxylic acids is 2. The van der Waals surface area contributed by atoms with Gasteiger partial charge in [0.1, 0.15) is 5.70 Å². The van der Waals surface area contributed by atoms with Gasteiger partial charge in [-0.2, -0.15) is 0 Å². The molecule has 160 valence electrons. The summed E-state index contributed by atoms with van der Waals surface area (Å²) in [4.78, 5) is 32.4. The third-order valence-corrected chi connectivity index (χ3v) is 6.04. The molecule has 0 aliphatic carbocycles. The van der Waals surface area contributed by atoms with Crippen LogP contribution in [0.15, 0.2) is 66.9 Å². The summed E-state index contributed by atoms with van der Waals surface area (Å²) in [7, 11) is 0. The molecule has 5 nitrogen and oxygen atoms in total. The molecule has 0 saturated carbocycles. The van der Waals surface area contributed by atoms with Crippen LogP contribution < -0.4 is 0 Å². The Kier molecular flexibility index (Phi) is 6.05. The fraction of sp³-hybridized carbons (Fsp3) is 0.308. The number of benzene rings is 2. The minimum Gasteiger partial charge on any atom is -0.364 e. The van der Waals surface area contributed by atoms with E-state index in [1.807, 2.05) is 32.0 Å². The van der Waals surface area contributed by atoms with Crippen molar-refractivity contribution in [2.45, 2.75) is 20.4 Å². The third kappa shape index (κ3) is 4.19. The minimum atomic E-state index is -0.224. The van der Waals surface area contributed by atoms with Gasteiger partial charge in [-0.05, 0) is 30.5 Å². The summed E-state index contributed by atoms with van der Waals surface area (Å²) in [6, 6.07) is 16.4. The maximum atomic E-state index is 13.3. The molecule has 2 amide bonds. The maximum absolute atomic E-state index is 13.3. The fourth-order valence-corrected chi connectivity index (χ4v) is 4.46. The largest absolute Gasteiger partial charge is 0.364 e. The highest BCUT2D eigenvalue weighted by atomic mass is 16.2. The third-order valence-electron chi connectivity index (χ3n) is 6.04. The molecule has 31 heavy (non-hydrogen) atoms. The van der Waals surface area contributed by atoms with Gasteiger partial charge in [0.05, 0.1) is 5.57 Å². The summed E-state index contributed by atoms with van der Waals surface area (Å²) in [5.74, 6) is -0.435. The highest BCUT2D eigenvalue weighted by molar-refractivity contribution is 6.35. The Morgan fingerprint density at radius 2 is 1.65 bits per heavy atom. The molecular formula is C26H29N3O2. The first-order valence-corrected chi connectivity index (χ1v) is 10.8. The van der Waals surface area contributed by atoms with Gasteiger partial charge in [0.2, 0.25) is 0 Å². The van der Waals surface area contributed by atoms with E-state index in [9.17, 15) is 9.59 Å². The second-order valence-electron chi connectivity index (χ2n) is 8.30. The van der Waals surface area contributed by atoms with Crippen molar-refractivity contribution in [3.8, 4) is 0 Å². The van der Waals surface area contributed by atoms with Crippen molar-refractivity contribution in [2.24, 2.45) is 0 Å². The number of piperazine rings is 1. The lowest BCUT2D eigenvalue weighted by Gasteiger charge is -2.36. The summed E-state index contributed by atoms with van der Waals surface area (Å²) in [6.45, 7) is 12.0. The second kappa shape index (κ2) is 8.90. The van der Waals surface area contributed by atoms with Gasteiger partial charge in [-0.3, -0.25) is 19.4 Å². The van der Waals surface area contributed by atoms with Crippen molar-refractivity contribution in [2.75, 3.05) is 32.7 Å². The van der Waals surface area contributed by atoms with Crippen LogP contribution in [-0.4, -0.2) is 59.2 Å². The molecule has 0 bridgehead atoms. The zero-order valence-corrected chi connectivity index (χ0v) is 18.3. The average molecular weight is 416 g/mol. The van der Waals surface area contributed by atoms with Gasteiger partial charge in [-0.1, -0.05) is 60.2 Å². The predicted molar refractivity (Wildman–Crippen MR) is 123 cm³/mol. The molecule has 0 N–H and O–H groups in total. The predicted octanol–water partition coefficient (Wildman–Crippen LogP) is 3.39. The van der Waals surface area contributed by atoms with E-state index in [0.29, 0.717) is 11.3 Å². The second-order valence-corrected chi connectivity index (χ2v) is 8.30. The highest BCUT2D eigenvalue weighted by Crippen LogP contribution is 2.34. The lowest BCUT2D eigenvalue weighted by Crippen LogP contribution is -2.47. The monoisotopic (exact) mass is 415 g/mol. The van der Waals surface area contributed by atoms with Crippen LogP contribution in [0.3, 0.4) is 0 Å². The number of carbonyl (C=O) groups is 2. The molecule has 2 heterocycles. The van der Waals surface area contributed by atoms with Crippen LogP contribution in [-0.2, 0) is 16.1 Å². The van der Waals surface area contributed by atoms with Crippen molar-refractivity contribution in [1.82, 2.24) is 14.7 Å². The Labute approximate surface area is 184 Å². The van der Waals surface area contributed by atoms with Crippen LogP contribution in [0.25, 0.3) is 5.57 Å². The van der Waals surface area contributed by atoms with Gasteiger partial charge in [0.25, 0.3) is 11.8 Å². The number of nitrogens with zero attached hydrogens (tertiary/aromatic N) is 3. The lowest BCUT2D eigenvalue weighted by atomic mass is 9.97. The van der Waals surface area contributed by atoms with E-state index in [1.54, 1.807) is 6.08 Å². The van der Waals surface area contributed by atoms with Crippen molar-refractivity contribution >= 4 is 17.4 Å². The van der Waals surface area contributed by atoms with Gasteiger partial charge in [-0.15, -0.1) is 6.58 Å². The molecule has 2 aliphatic rings. The zero-order valence-electron chi connectivity index (χ0n) is 18.3. The lowest BCUT2D eigenvalue weighted by molar-refractivity contribution is -0.137. The molecule has 1 saturated heterocycles. The van der Waals surface area contributed by atoms with Crippen LogP contribution in [0.5, 0.6) is 0 Å². The van der Waals surface area contributed by atoms with E-state index in [4.69, 9.17) is 0 Å². The van der Waals surface area contributed by atoms with Crippen LogP contribution in [0.2, 0.25) is 0 Å². The topological polar surface area (TPSA) is 43.9 Å². The van der Waals surface area contributed by atoms with Crippen molar-refractivity contribution < 1.29 is 9.59 Å². The van der Waals surface area contributed by atoms with Gasteiger partial charge >= 0.3 is 0 Å². The zero-order chi connectivity index (χ0) is 22.0. The van der Waals surface area contributed by atoms with Crippen LogP contribution in [0, 0.1) is 13.8 Å². The van der Waals surface area contributed by atoms with E-state index >= 15 is 0 Å². The first-order valence-electron chi connectivity index (χ1n) is 10.8. The smallest absolute Gasteiger partial charge is 0.278 e. The average Bonchev–Trinajstić information content (AvgIpc) is 3.00. The molecule has 2 aliphatic heterocycles. The van der Waals surface area contributed by atoms with E-state index in [0.717, 1.165) is 49.4 Å². The number of aryl methyl sites for hydroxylation is 2. The fourth-order valence-electron chi connectivity index (χ4n) is 4.46. The molecule has 0 atom stereocenters. The molecule has 0 radical (unpaired) electrons. The summed E-state index contributed by atoms with van der Waals surface area (Å²) in [5, 5.41) is 0. The summed E-state index contributed by atoms with van der Waals surface area (Å²) in [5.41, 5.74) is 5.35. The first kappa shape index (κ1) is 21.1. The normalized spacial score (nSPS) is 17.6. The standard InChI is InChI=1S/C26H29N3O2/c1-4-12-29-25(30)23(22-11-10-19(2)17-20(22)3)24(26(29)31)28-15-13-27(14-16-28)18-21-8-6-5-7-9-21/h4-11,17H,1,12-16,18H2,2-3H3. The number of amides is 2. The molecule has 0 aromatic heterocycles. The molecule has 2 aromatic rings. The molecule has 2 aromatic carbocycles. The van der Waals surface area contributed by atoms with E-state index in [1.165, 1.54) is 10.5 Å². The minimum absolute atomic E-state index is 0.212. The van der Waals surface area contributed by atoms with Crippen LogP contribution >= 0.6 is 0 Å². The van der Waals surface area contributed by atoms with E-state index in [2.05, 4.69) is 46.7 Å². The van der Waals surface area contributed by atoms with E-state index < -0.39 is 0 Å². The van der Waals surface area contributed by atoms with Gasteiger partial charge in [0, 0.05) is 39.3 Å². The number of rotatable bonds is 6. The summed E-state index contributed by atoms with van der Waals surface area (Å²) < 4.78 is 0. The maximum Gasteiger partial charge on any atom is 0.278 e. The van der Waals surface area contributed by atoms with Gasteiger partial charge in [-0.25, -0.2) is 0 Å².